The van der Waals surface area contributed by atoms with Crippen molar-refractivity contribution in [2.24, 2.45) is 11.7 Å². The molecule has 2 N–H and O–H groups in total. The third-order valence-electron chi connectivity index (χ3n) is 4.39. The number of aromatic nitrogens is 1. The summed E-state index contributed by atoms with van der Waals surface area (Å²) in [6.07, 6.45) is 4.97. The van der Waals surface area contributed by atoms with Crippen LogP contribution in [0, 0.1) is 5.92 Å². The Morgan fingerprint density at radius 2 is 2.05 bits per heavy atom. The molecule has 20 heavy (non-hydrogen) atoms. The fourth-order valence-electron chi connectivity index (χ4n) is 3.23. The molecule has 5 nitrogen and oxygen atoms in total. The first kappa shape index (κ1) is 14.1. The van der Waals surface area contributed by atoms with Gasteiger partial charge in [-0.05, 0) is 38.2 Å². The van der Waals surface area contributed by atoms with Crippen molar-refractivity contribution in [3.05, 3.63) is 18.0 Å². The predicted molar refractivity (Wildman–Crippen MR) is 77.7 cm³/mol. The second-order valence-corrected chi connectivity index (χ2v) is 8.16. The van der Waals surface area contributed by atoms with Gasteiger partial charge in [-0.3, -0.25) is 0 Å². The van der Waals surface area contributed by atoms with Gasteiger partial charge in [0.15, 0.2) is 0 Å². The monoisotopic (exact) mass is 297 g/mol. The van der Waals surface area contributed by atoms with E-state index < -0.39 is 10.0 Å². The summed E-state index contributed by atoms with van der Waals surface area (Å²) >= 11 is 0. The average molecular weight is 297 g/mol. The molecule has 6 heteroatoms. The van der Waals surface area contributed by atoms with Gasteiger partial charge in [0.25, 0.3) is 0 Å². The number of hydrogen-bond acceptors (Lipinski definition) is 3. The molecule has 1 aliphatic heterocycles. The van der Waals surface area contributed by atoms with Crippen molar-refractivity contribution in [1.82, 2.24) is 8.87 Å². The molecule has 2 heterocycles. The Balaban J connectivity index is 1.95. The Labute approximate surface area is 120 Å². The van der Waals surface area contributed by atoms with E-state index in [0.717, 1.165) is 25.0 Å². The van der Waals surface area contributed by atoms with Gasteiger partial charge in [-0.25, -0.2) is 8.42 Å². The molecule has 1 aromatic rings. The van der Waals surface area contributed by atoms with Gasteiger partial charge in [0.1, 0.15) is 4.90 Å². The Morgan fingerprint density at radius 1 is 1.35 bits per heavy atom. The number of nitrogens with zero attached hydrogens (tertiary/aromatic N) is 2. The van der Waals surface area contributed by atoms with E-state index in [-0.39, 0.29) is 6.04 Å². The summed E-state index contributed by atoms with van der Waals surface area (Å²) in [7, 11) is -3.38. The highest BCUT2D eigenvalue weighted by atomic mass is 32.2. The lowest BCUT2D eigenvalue weighted by Gasteiger charge is -2.20. The molecule has 112 valence electrons. The second-order valence-electron chi connectivity index (χ2n) is 6.27. The Morgan fingerprint density at radius 3 is 2.55 bits per heavy atom. The summed E-state index contributed by atoms with van der Waals surface area (Å²) in [6, 6.07) is 2.29. The van der Waals surface area contributed by atoms with Crippen LogP contribution in [-0.2, 0) is 16.6 Å². The van der Waals surface area contributed by atoms with Gasteiger partial charge >= 0.3 is 0 Å². The van der Waals surface area contributed by atoms with Crippen LogP contribution in [0.4, 0.5) is 0 Å². The second kappa shape index (κ2) is 4.86. The minimum absolute atomic E-state index is 0.0839. The van der Waals surface area contributed by atoms with Gasteiger partial charge in [0, 0.05) is 37.1 Å². The standard InChI is InChI=1S/C14H23N3O2S/c1-10-5-11(2)17(8-10)20(18,19)14-6-13(7-15)16(9-14)12-3-4-12/h6,9-12H,3-5,7-8,15H2,1-2H3. The zero-order chi connectivity index (χ0) is 14.5. The molecule has 2 atom stereocenters. The van der Waals surface area contributed by atoms with Gasteiger partial charge in [0.05, 0.1) is 0 Å². The highest BCUT2D eigenvalue weighted by molar-refractivity contribution is 7.89. The summed E-state index contributed by atoms with van der Waals surface area (Å²) in [5.41, 5.74) is 6.67. The molecule has 1 saturated carbocycles. The first-order valence-corrected chi connectivity index (χ1v) is 8.80. The van der Waals surface area contributed by atoms with E-state index >= 15 is 0 Å². The van der Waals surface area contributed by atoms with Crippen LogP contribution >= 0.6 is 0 Å². The molecular formula is C14H23N3O2S. The lowest BCUT2D eigenvalue weighted by molar-refractivity contribution is 0.405. The van der Waals surface area contributed by atoms with E-state index in [2.05, 4.69) is 11.5 Å². The Bertz CT molecular complexity index is 604. The van der Waals surface area contributed by atoms with Crippen LogP contribution < -0.4 is 5.73 Å². The fourth-order valence-corrected chi connectivity index (χ4v) is 5.04. The first-order valence-electron chi connectivity index (χ1n) is 7.36. The van der Waals surface area contributed by atoms with Crippen LogP contribution in [0.2, 0.25) is 0 Å². The zero-order valence-corrected chi connectivity index (χ0v) is 12.9. The molecule has 0 radical (unpaired) electrons. The first-order chi connectivity index (χ1) is 9.43. The van der Waals surface area contributed by atoms with E-state index in [1.807, 2.05) is 6.92 Å². The van der Waals surface area contributed by atoms with E-state index in [0.29, 0.717) is 29.9 Å². The molecule has 2 unspecified atom stereocenters. The van der Waals surface area contributed by atoms with Crippen LogP contribution in [0.3, 0.4) is 0 Å². The summed E-state index contributed by atoms with van der Waals surface area (Å²) in [5.74, 6) is 0.430. The van der Waals surface area contributed by atoms with Crippen molar-refractivity contribution in [2.45, 2.75) is 56.6 Å². The third kappa shape index (κ3) is 2.29. The van der Waals surface area contributed by atoms with Gasteiger partial charge < -0.3 is 10.3 Å². The number of hydrogen-bond donors (Lipinski definition) is 1. The minimum Gasteiger partial charge on any atom is -0.346 e. The van der Waals surface area contributed by atoms with Crippen molar-refractivity contribution >= 4 is 10.0 Å². The maximum Gasteiger partial charge on any atom is 0.244 e. The maximum atomic E-state index is 12.8. The SMILES string of the molecule is CC1CC(C)N(S(=O)(=O)c2cc(CN)n(C3CC3)c2)C1. The highest BCUT2D eigenvalue weighted by Gasteiger charge is 2.37. The molecule has 0 bridgehead atoms. The summed E-state index contributed by atoms with van der Waals surface area (Å²) in [6.45, 7) is 5.10. The van der Waals surface area contributed by atoms with Crippen LogP contribution in [0.25, 0.3) is 0 Å². The molecule has 1 aliphatic carbocycles. The third-order valence-corrected chi connectivity index (χ3v) is 6.33. The van der Waals surface area contributed by atoms with Crippen LogP contribution in [0.1, 0.15) is 44.8 Å². The van der Waals surface area contributed by atoms with E-state index in [9.17, 15) is 8.42 Å². The summed E-state index contributed by atoms with van der Waals surface area (Å²) in [5, 5.41) is 0. The van der Waals surface area contributed by atoms with E-state index in [1.54, 1.807) is 16.6 Å². The predicted octanol–water partition coefficient (Wildman–Crippen LogP) is 1.70. The number of nitrogens with two attached hydrogens (primary N) is 1. The Hall–Kier alpha value is -0.850. The lowest BCUT2D eigenvalue weighted by atomic mass is 10.1. The zero-order valence-electron chi connectivity index (χ0n) is 12.1. The van der Waals surface area contributed by atoms with Crippen LogP contribution in [0.15, 0.2) is 17.2 Å². The summed E-state index contributed by atoms with van der Waals surface area (Å²) < 4.78 is 29.3. The molecule has 1 saturated heterocycles. The number of sulfonamides is 1. The molecular weight excluding hydrogens is 274 g/mol. The molecule has 0 spiro atoms. The van der Waals surface area contributed by atoms with Gasteiger partial charge in [-0.15, -0.1) is 0 Å². The molecule has 2 fully saturated rings. The van der Waals surface area contributed by atoms with Crippen LogP contribution in [0.5, 0.6) is 0 Å². The summed E-state index contributed by atoms with van der Waals surface area (Å²) in [4.78, 5) is 0.408. The van der Waals surface area contributed by atoms with Crippen molar-refractivity contribution in [3.8, 4) is 0 Å². The topological polar surface area (TPSA) is 68.3 Å². The van der Waals surface area contributed by atoms with Gasteiger partial charge in [-0.2, -0.15) is 4.31 Å². The highest BCUT2D eigenvalue weighted by Crippen LogP contribution is 2.38. The van der Waals surface area contributed by atoms with Crippen molar-refractivity contribution in [2.75, 3.05) is 6.54 Å². The van der Waals surface area contributed by atoms with Crippen LogP contribution in [-0.4, -0.2) is 29.9 Å². The molecule has 3 rings (SSSR count). The van der Waals surface area contributed by atoms with E-state index in [4.69, 9.17) is 5.73 Å². The number of rotatable bonds is 4. The molecule has 0 amide bonds. The molecule has 0 aromatic carbocycles. The largest absolute Gasteiger partial charge is 0.346 e. The van der Waals surface area contributed by atoms with E-state index in [1.165, 1.54) is 0 Å². The average Bonchev–Trinajstić information content (AvgIpc) is 3.03. The normalized spacial score (nSPS) is 28.1. The minimum atomic E-state index is -3.38. The lowest BCUT2D eigenvalue weighted by Crippen LogP contribution is -2.33. The fraction of sp³-hybridized carbons (Fsp3) is 0.714. The van der Waals surface area contributed by atoms with Crippen molar-refractivity contribution < 1.29 is 8.42 Å². The van der Waals surface area contributed by atoms with Crippen molar-refractivity contribution in [3.63, 3.8) is 0 Å². The smallest absolute Gasteiger partial charge is 0.244 e. The molecule has 2 aliphatic rings. The quantitative estimate of drug-likeness (QED) is 0.919. The maximum absolute atomic E-state index is 12.8. The van der Waals surface area contributed by atoms with Gasteiger partial charge in [0.2, 0.25) is 10.0 Å². The van der Waals surface area contributed by atoms with Crippen molar-refractivity contribution in [1.29, 1.82) is 0 Å². The Kier molecular flexibility index (Phi) is 3.43. The molecule has 1 aromatic heterocycles. The van der Waals surface area contributed by atoms with Gasteiger partial charge in [-0.1, -0.05) is 6.92 Å².